The van der Waals surface area contributed by atoms with Crippen LogP contribution < -0.4 is 11.1 Å². The predicted molar refractivity (Wildman–Crippen MR) is 71.3 cm³/mol. The summed E-state index contributed by atoms with van der Waals surface area (Å²) in [5.74, 6) is -0.00567. The summed E-state index contributed by atoms with van der Waals surface area (Å²) in [5.41, 5.74) is 7.05. The van der Waals surface area contributed by atoms with E-state index in [0.29, 0.717) is 18.8 Å². The van der Waals surface area contributed by atoms with Gasteiger partial charge in [0.15, 0.2) is 0 Å². The number of nitrogens with two attached hydrogens (primary N) is 1. The molecule has 5 heteroatoms. The summed E-state index contributed by atoms with van der Waals surface area (Å²) in [7, 11) is 0. The topological polar surface area (TPSA) is 67.6 Å². The van der Waals surface area contributed by atoms with E-state index in [1.165, 1.54) is 0 Å². The third-order valence-electron chi connectivity index (χ3n) is 2.89. The van der Waals surface area contributed by atoms with Crippen molar-refractivity contribution in [2.75, 3.05) is 37.3 Å². The van der Waals surface area contributed by atoms with Crippen molar-refractivity contribution in [3.63, 3.8) is 0 Å². The summed E-state index contributed by atoms with van der Waals surface area (Å²) in [5, 5.41) is 2.85. The number of ether oxygens (including phenoxy) is 1. The monoisotopic (exact) mass is 249 g/mol. The van der Waals surface area contributed by atoms with Gasteiger partial charge in [-0.25, -0.2) is 0 Å². The Hall–Kier alpha value is -1.59. The zero-order valence-corrected chi connectivity index (χ0v) is 10.6. The molecule has 0 aliphatic carbocycles. The van der Waals surface area contributed by atoms with Crippen molar-refractivity contribution in [1.29, 1.82) is 0 Å². The molecule has 0 saturated carbocycles. The molecule has 0 bridgehead atoms. The Balaban J connectivity index is 1.83. The van der Waals surface area contributed by atoms with E-state index >= 15 is 0 Å². The first kappa shape index (κ1) is 12.9. The fraction of sp³-hybridized carbons (Fsp3) is 0.462. The fourth-order valence-electron chi connectivity index (χ4n) is 2.00. The fourth-order valence-corrected chi connectivity index (χ4v) is 2.00. The van der Waals surface area contributed by atoms with Crippen molar-refractivity contribution < 1.29 is 9.53 Å². The molecule has 1 amide bonds. The second-order valence-electron chi connectivity index (χ2n) is 4.59. The van der Waals surface area contributed by atoms with Crippen LogP contribution in [0.15, 0.2) is 24.3 Å². The van der Waals surface area contributed by atoms with E-state index in [9.17, 15) is 4.79 Å². The van der Waals surface area contributed by atoms with E-state index in [1.54, 1.807) is 24.3 Å². The summed E-state index contributed by atoms with van der Waals surface area (Å²) in [6.45, 7) is 4.72. The van der Waals surface area contributed by atoms with Gasteiger partial charge in [0.1, 0.15) is 0 Å². The maximum Gasteiger partial charge on any atom is 0.238 e. The van der Waals surface area contributed by atoms with Gasteiger partial charge in [-0.2, -0.15) is 0 Å². The number of morpholine rings is 1. The molecule has 1 aromatic rings. The first-order chi connectivity index (χ1) is 8.63. The molecule has 1 aliphatic heterocycles. The Morgan fingerprint density at radius 2 is 2.22 bits per heavy atom. The molecule has 5 nitrogen and oxygen atoms in total. The number of rotatable bonds is 3. The highest BCUT2D eigenvalue weighted by molar-refractivity contribution is 5.92. The molecule has 1 aromatic carbocycles. The molecule has 1 atom stereocenters. The second-order valence-corrected chi connectivity index (χ2v) is 4.59. The van der Waals surface area contributed by atoms with Crippen molar-refractivity contribution in [3.05, 3.63) is 24.3 Å². The number of nitrogen functional groups attached to an aromatic ring is 1. The van der Waals surface area contributed by atoms with Gasteiger partial charge in [0.25, 0.3) is 0 Å². The van der Waals surface area contributed by atoms with E-state index in [-0.39, 0.29) is 12.0 Å². The zero-order chi connectivity index (χ0) is 13.0. The molecule has 0 aromatic heterocycles. The lowest BCUT2D eigenvalue weighted by atomic mass is 10.2. The third-order valence-corrected chi connectivity index (χ3v) is 2.89. The van der Waals surface area contributed by atoms with Crippen LogP contribution in [0.5, 0.6) is 0 Å². The van der Waals surface area contributed by atoms with Crippen LogP contribution in [0.3, 0.4) is 0 Å². The molecule has 1 unspecified atom stereocenters. The minimum absolute atomic E-state index is 0.00567. The van der Waals surface area contributed by atoms with Gasteiger partial charge in [0, 0.05) is 24.5 Å². The molecule has 0 spiro atoms. The number of nitrogens with zero attached hydrogens (tertiary/aromatic N) is 1. The van der Waals surface area contributed by atoms with Gasteiger partial charge in [-0.05, 0) is 31.2 Å². The molecule has 3 N–H and O–H groups in total. The van der Waals surface area contributed by atoms with Crippen LogP contribution in [-0.4, -0.2) is 43.2 Å². The van der Waals surface area contributed by atoms with E-state index in [4.69, 9.17) is 10.5 Å². The van der Waals surface area contributed by atoms with E-state index in [0.717, 1.165) is 18.8 Å². The molecular weight excluding hydrogens is 230 g/mol. The number of hydrogen-bond acceptors (Lipinski definition) is 4. The maximum absolute atomic E-state index is 11.8. The summed E-state index contributed by atoms with van der Waals surface area (Å²) in [6, 6.07) is 7.14. The zero-order valence-electron chi connectivity index (χ0n) is 10.6. The number of carbonyl (C=O) groups is 1. The van der Waals surface area contributed by atoms with Crippen LogP contribution in [0.25, 0.3) is 0 Å². The van der Waals surface area contributed by atoms with Crippen molar-refractivity contribution in [1.82, 2.24) is 4.90 Å². The van der Waals surface area contributed by atoms with Gasteiger partial charge in [-0.3, -0.25) is 9.69 Å². The molecule has 1 fully saturated rings. The lowest BCUT2D eigenvalue weighted by molar-refractivity contribution is -0.119. The average Bonchev–Trinajstić information content (AvgIpc) is 2.32. The first-order valence-corrected chi connectivity index (χ1v) is 6.13. The van der Waals surface area contributed by atoms with Gasteiger partial charge >= 0.3 is 0 Å². The van der Waals surface area contributed by atoms with Crippen molar-refractivity contribution in [3.8, 4) is 0 Å². The quantitative estimate of drug-likeness (QED) is 0.782. The summed E-state index contributed by atoms with van der Waals surface area (Å²) in [6.07, 6.45) is 0.197. The number of benzene rings is 1. The SMILES string of the molecule is CC1CN(CC(=O)Nc2ccc(N)cc2)CCO1. The van der Waals surface area contributed by atoms with Crippen molar-refractivity contribution in [2.45, 2.75) is 13.0 Å². The molecule has 18 heavy (non-hydrogen) atoms. The summed E-state index contributed by atoms with van der Waals surface area (Å²) in [4.78, 5) is 13.9. The number of amides is 1. The third kappa shape index (κ3) is 3.72. The first-order valence-electron chi connectivity index (χ1n) is 6.13. The average molecular weight is 249 g/mol. The van der Waals surface area contributed by atoms with Gasteiger partial charge < -0.3 is 15.8 Å². The van der Waals surface area contributed by atoms with Crippen LogP contribution in [0.2, 0.25) is 0 Å². The standard InChI is InChI=1S/C13H19N3O2/c1-10-8-16(6-7-18-10)9-13(17)15-12-4-2-11(14)3-5-12/h2-5,10H,6-9,14H2,1H3,(H,15,17). The summed E-state index contributed by atoms with van der Waals surface area (Å²) < 4.78 is 5.43. The molecule has 98 valence electrons. The maximum atomic E-state index is 11.8. The normalized spacial score (nSPS) is 20.6. The minimum atomic E-state index is -0.00567. The largest absolute Gasteiger partial charge is 0.399 e. The van der Waals surface area contributed by atoms with Crippen LogP contribution in [0.4, 0.5) is 11.4 Å². The smallest absolute Gasteiger partial charge is 0.238 e. The van der Waals surface area contributed by atoms with Crippen molar-refractivity contribution in [2.24, 2.45) is 0 Å². The van der Waals surface area contributed by atoms with Crippen molar-refractivity contribution >= 4 is 17.3 Å². The van der Waals surface area contributed by atoms with Crippen LogP contribution in [0.1, 0.15) is 6.92 Å². The van der Waals surface area contributed by atoms with Gasteiger partial charge in [-0.15, -0.1) is 0 Å². The highest BCUT2D eigenvalue weighted by atomic mass is 16.5. The Morgan fingerprint density at radius 3 is 2.89 bits per heavy atom. The van der Waals surface area contributed by atoms with E-state index in [1.807, 2.05) is 6.92 Å². The number of carbonyl (C=O) groups excluding carboxylic acids is 1. The van der Waals surface area contributed by atoms with Crippen LogP contribution in [-0.2, 0) is 9.53 Å². The Bertz CT molecular complexity index is 405. The van der Waals surface area contributed by atoms with Crippen LogP contribution >= 0.6 is 0 Å². The molecule has 1 aliphatic rings. The predicted octanol–water partition coefficient (Wildman–Crippen LogP) is 0.928. The van der Waals surface area contributed by atoms with Gasteiger partial charge in [0.05, 0.1) is 19.3 Å². The molecule has 1 saturated heterocycles. The second kappa shape index (κ2) is 5.84. The Kier molecular flexibility index (Phi) is 4.17. The lowest BCUT2D eigenvalue weighted by Crippen LogP contribution is -2.44. The minimum Gasteiger partial charge on any atom is -0.399 e. The van der Waals surface area contributed by atoms with Gasteiger partial charge in [-0.1, -0.05) is 0 Å². The van der Waals surface area contributed by atoms with Gasteiger partial charge in [0.2, 0.25) is 5.91 Å². The van der Waals surface area contributed by atoms with Crippen LogP contribution in [0, 0.1) is 0 Å². The van der Waals surface area contributed by atoms with E-state index in [2.05, 4.69) is 10.2 Å². The molecule has 1 heterocycles. The molecule has 2 rings (SSSR count). The summed E-state index contributed by atoms with van der Waals surface area (Å²) >= 11 is 0. The molecular formula is C13H19N3O2. The lowest BCUT2D eigenvalue weighted by Gasteiger charge is -2.30. The highest BCUT2D eigenvalue weighted by Crippen LogP contribution is 2.11. The number of hydrogen-bond donors (Lipinski definition) is 2. The highest BCUT2D eigenvalue weighted by Gasteiger charge is 2.18. The Labute approximate surface area is 107 Å². The number of nitrogens with one attached hydrogen (secondary N) is 1. The van der Waals surface area contributed by atoms with E-state index < -0.39 is 0 Å². The Morgan fingerprint density at radius 1 is 1.50 bits per heavy atom. The molecule has 0 radical (unpaired) electrons. The number of anilines is 2.